The Kier molecular flexibility index (Phi) is 6.26. The minimum atomic E-state index is -3.38. The number of nitrogens with zero attached hydrogens (tertiary/aromatic N) is 2. The molecule has 1 rings (SSSR count). The molecule has 0 aliphatic heterocycles. The van der Waals surface area contributed by atoms with Gasteiger partial charge in [-0.25, -0.2) is 12.7 Å². The zero-order valence-corrected chi connectivity index (χ0v) is 13.8. The predicted octanol–water partition coefficient (Wildman–Crippen LogP) is 1.63. The molecule has 7 heteroatoms. The van der Waals surface area contributed by atoms with E-state index in [1.54, 1.807) is 31.4 Å². The molecule has 0 heterocycles. The summed E-state index contributed by atoms with van der Waals surface area (Å²) in [6.07, 6.45) is 0. The van der Waals surface area contributed by atoms with Crippen LogP contribution in [0.4, 0.5) is 5.69 Å². The quantitative estimate of drug-likeness (QED) is 0.717. The van der Waals surface area contributed by atoms with E-state index < -0.39 is 10.0 Å². The van der Waals surface area contributed by atoms with E-state index in [0.29, 0.717) is 13.2 Å². The van der Waals surface area contributed by atoms with Crippen molar-refractivity contribution in [3.05, 3.63) is 24.3 Å². The number of methoxy groups -OCH3 is 1. The highest BCUT2D eigenvalue weighted by Gasteiger charge is 2.17. The maximum atomic E-state index is 12.0. The molecule has 0 aliphatic carbocycles. The maximum Gasteiger partial charge on any atom is 0.242 e. The van der Waals surface area contributed by atoms with E-state index in [-0.39, 0.29) is 10.3 Å². The van der Waals surface area contributed by atoms with Gasteiger partial charge in [0.05, 0.1) is 16.9 Å². The Balaban J connectivity index is 2.81. The van der Waals surface area contributed by atoms with Crippen molar-refractivity contribution < 1.29 is 13.2 Å². The Morgan fingerprint density at radius 1 is 1.20 bits per heavy atom. The monoisotopic (exact) mass is 320 g/mol. The van der Waals surface area contributed by atoms with Crippen molar-refractivity contribution in [2.45, 2.75) is 10.3 Å². The lowest BCUT2D eigenvalue weighted by atomic mass is 10.3. The molecule has 0 bridgehead atoms. The molecule has 1 aromatic carbocycles. The maximum absolute atomic E-state index is 12.0. The van der Waals surface area contributed by atoms with Gasteiger partial charge >= 0.3 is 0 Å². The predicted molar refractivity (Wildman–Crippen MR) is 82.1 cm³/mol. The van der Waals surface area contributed by atoms with Crippen molar-refractivity contribution >= 4 is 27.3 Å². The van der Waals surface area contributed by atoms with Crippen LogP contribution in [0.3, 0.4) is 0 Å². The molecule has 114 valence electrons. The molecule has 20 heavy (non-hydrogen) atoms. The number of alkyl halides is 1. The molecule has 0 N–H and O–H groups in total. The summed E-state index contributed by atoms with van der Waals surface area (Å²) in [5, 5.41) is -0.116. The molecule has 0 radical (unpaired) electrons. The van der Waals surface area contributed by atoms with Gasteiger partial charge in [0.2, 0.25) is 10.0 Å². The first-order chi connectivity index (χ1) is 9.28. The van der Waals surface area contributed by atoms with E-state index in [2.05, 4.69) is 0 Å². The standard InChI is InChI=1S/C13H21ClN2O3S/c1-15(2)20(17,18)13-7-5-12(6-8-13)16(3)9-11(14)10-19-4/h5-8,11H,9-10H2,1-4H3. The Labute approximate surface area is 126 Å². The average Bonchev–Trinajstić information content (AvgIpc) is 2.38. The Morgan fingerprint density at radius 3 is 2.20 bits per heavy atom. The van der Waals surface area contributed by atoms with E-state index in [0.717, 1.165) is 5.69 Å². The van der Waals surface area contributed by atoms with E-state index in [1.807, 2.05) is 11.9 Å². The van der Waals surface area contributed by atoms with Crippen LogP contribution in [0.5, 0.6) is 0 Å². The van der Waals surface area contributed by atoms with Gasteiger partial charge in [0.25, 0.3) is 0 Å². The smallest absolute Gasteiger partial charge is 0.242 e. The van der Waals surface area contributed by atoms with Crippen LogP contribution < -0.4 is 4.90 Å². The minimum Gasteiger partial charge on any atom is -0.383 e. The van der Waals surface area contributed by atoms with Crippen LogP contribution in [-0.4, -0.2) is 59.5 Å². The first-order valence-corrected chi connectivity index (χ1v) is 8.03. The second kappa shape index (κ2) is 7.26. The summed E-state index contributed by atoms with van der Waals surface area (Å²) in [5.74, 6) is 0. The second-order valence-corrected chi connectivity index (χ2v) is 7.48. The molecule has 5 nitrogen and oxygen atoms in total. The molecular formula is C13H21ClN2O3S. The highest BCUT2D eigenvalue weighted by Crippen LogP contribution is 2.19. The van der Waals surface area contributed by atoms with Gasteiger partial charge in [0.15, 0.2) is 0 Å². The first-order valence-electron chi connectivity index (χ1n) is 6.15. The lowest BCUT2D eigenvalue weighted by molar-refractivity contribution is 0.199. The third-order valence-electron chi connectivity index (χ3n) is 2.88. The van der Waals surface area contributed by atoms with Gasteiger partial charge in [-0.15, -0.1) is 11.6 Å². The lowest BCUT2D eigenvalue weighted by Crippen LogP contribution is -2.28. The zero-order chi connectivity index (χ0) is 15.3. The highest BCUT2D eigenvalue weighted by atomic mass is 35.5. The van der Waals surface area contributed by atoms with Crippen molar-refractivity contribution in [3.8, 4) is 0 Å². The van der Waals surface area contributed by atoms with Gasteiger partial charge in [-0.1, -0.05) is 0 Å². The van der Waals surface area contributed by atoms with Gasteiger partial charge in [0.1, 0.15) is 0 Å². The molecule has 0 aromatic heterocycles. The number of sulfonamides is 1. The SMILES string of the molecule is COCC(Cl)CN(C)c1ccc(S(=O)(=O)N(C)C)cc1. The largest absolute Gasteiger partial charge is 0.383 e. The number of hydrogen-bond acceptors (Lipinski definition) is 4. The summed E-state index contributed by atoms with van der Waals surface area (Å²) in [6.45, 7) is 1.09. The summed E-state index contributed by atoms with van der Waals surface area (Å²) >= 11 is 6.10. The van der Waals surface area contributed by atoms with Crippen LogP contribution >= 0.6 is 11.6 Å². The molecular weight excluding hydrogens is 300 g/mol. The molecule has 1 unspecified atom stereocenters. The summed E-state index contributed by atoms with van der Waals surface area (Å²) in [5.41, 5.74) is 0.907. The average molecular weight is 321 g/mol. The van der Waals surface area contributed by atoms with Crippen LogP contribution in [0.25, 0.3) is 0 Å². The number of rotatable bonds is 7. The van der Waals surface area contributed by atoms with E-state index in [4.69, 9.17) is 16.3 Å². The topological polar surface area (TPSA) is 49.9 Å². The van der Waals surface area contributed by atoms with Crippen LogP contribution in [0.1, 0.15) is 0 Å². The van der Waals surface area contributed by atoms with E-state index in [9.17, 15) is 8.42 Å². The fourth-order valence-electron chi connectivity index (χ4n) is 1.72. The van der Waals surface area contributed by atoms with Crippen molar-refractivity contribution in [2.24, 2.45) is 0 Å². The first kappa shape index (κ1) is 17.2. The third-order valence-corrected chi connectivity index (χ3v) is 4.97. The number of halogens is 1. The minimum absolute atomic E-state index is 0.116. The van der Waals surface area contributed by atoms with Gasteiger partial charge in [0, 0.05) is 40.5 Å². The fourth-order valence-corrected chi connectivity index (χ4v) is 2.95. The summed E-state index contributed by atoms with van der Waals surface area (Å²) < 4.78 is 30.1. The summed E-state index contributed by atoms with van der Waals surface area (Å²) in [6, 6.07) is 6.74. The van der Waals surface area contributed by atoms with Gasteiger partial charge in [-0.2, -0.15) is 0 Å². The number of anilines is 1. The van der Waals surface area contributed by atoms with Crippen LogP contribution in [0.2, 0.25) is 0 Å². The van der Waals surface area contributed by atoms with Crippen molar-refractivity contribution in [3.63, 3.8) is 0 Å². The van der Waals surface area contributed by atoms with Crippen molar-refractivity contribution in [2.75, 3.05) is 46.3 Å². The van der Waals surface area contributed by atoms with E-state index in [1.165, 1.54) is 18.4 Å². The molecule has 0 amide bonds. The number of hydrogen-bond donors (Lipinski definition) is 0. The van der Waals surface area contributed by atoms with Gasteiger partial charge in [-0.3, -0.25) is 0 Å². The molecule has 0 saturated heterocycles. The Morgan fingerprint density at radius 2 is 1.75 bits per heavy atom. The highest BCUT2D eigenvalue weighted by molar-refractivity contribution is 7.89. The van der Waals surface area contributed by atoms with Crippen LogP contribution in [0.15, 0.2) is 29.2 Å². The second-order valence-electron chi connectivity index (χ2n) is 4.71. The summed E-state index contributed by atoms with van der Waals surface area (Å²) in [7, 11) is 3.15. The van der Waals surface area contributed by atoms with Crippen molar-refractivity contribution in [1.82, 2.24) is 4.31 Å². The van der Waals surface area contributed by atoms with E-state index >= 15 is 0 Å². The molecule has 0 spiro atoms. The molecule has 0 aliphatic rings. The Bertz CT molecular complexity index is 517. The van der Waals surface area contributed by atoms with Gasteiger partial charge < -0.3 is 9.64 Å². The molecule has 0 saturated carbocycles. The van der Waals surface area contributed by atoms with Gasteiger partial charge in [-0.05, 0) is 24.3 Å². The molecule has 1 atom stereocenters. The fraction of sp³-hybridized carbons (Fsp3) is 0.538. The molecule has 0 fully saturated rings. The van der Waals surface area contributed by atoms with Crippen molar-refractivity contribution in [1.29, 1.82) is 0 Å². The third kappa shape index (κ3) is 4.34. The number of benzene rings is 1. The normalized spacial score (nSPS) is 13.5. The summed E-state index contributed by atoms with van der Waals surface area (Å²) in [4.78, 5) is 2.24. The lowest BCUT2D eigenvalue weighted by Gasteiger charge is -2.22. The number of ether oxygens (including phenoxy) is 1. The molecule has 1 aromatic rings. The zero-order valence-electron chi connectivity index (χ0n) is 12.2. The van der Waals surface area contributed by atoms with Crippen LogP contribution in [-0.2, 0) is 14.8 Å². The Hall–Kier alpha value is -0.820. The van der Waals surface area contributed by atoms with Crippen LogP contribution in [0, 0.1) is 0 Å².